The van der Waals surface area contributed by atoms with Gasteiger partial charge in [0.15, 0.2) is 0 Å². The normalized spacial score (nSPS) is 9.88. The average molecular weight is 231 g/mol. The molecule has 0 atom stereocenters. The van der Waals surface area contributed by atoms with Gasteiger partial charge in [0.25, 0.3) is 0 Å². The summed E-state index contributed by atoms with van der Waals surface area (Å²) in [5.41, 5.74) is 0.539. The molecule has 1 rings (SSSR count). The molecule has 4 heteroatoms. The number of esters is 1. The Morgan fingerprint density at radius 1 is 1.53 bits per heavy atom. The van der Waals surface area contributed by atoms with Crippen molar-refractivity contribution in [3.63, 3.8) is 0 Å². The van der Waals surface area contributed by atoms with Crippen LogP contribution in [0.25, 0.3) is 0 Å². The molecule has 0 saturated heterocycles. The molecule has 0 amide bonds. The predicted molar refractivity (Wildman–Crippen MR) is 62.4 cm³/mol. The minimum absolute atomic E-state index is 0.258. The monoisotopic (exact) mass is 231 g/mol. The van der Waals surface area contributed by atoms with Crippen LogP contribution in [-0.4, -0.2) is 19.2 Å². The largest absolute Gasteiger partial charge is 0.489 e. The van der Waals surface area contributed by atoms with Gasteiger partial charge in [0, 0.05) is 6.08 Å². The average Bonchev–Trinajstić information content (AvgIpc) is 2.35. The maximum atomic E-state index is 10.9. The van der Waals surface area contributed by atoms with Gasteiger partial charge in [0.1, 0.15) is 12.4 Å². The number of rotatable bonds is 5. The van der Waals surface area contributed by atoms with Crippen LogP contribution in [0.15, 0.2) is 36.4 Å². The molecule has 0 fully saturated rings. The maximum Gasteiger partial charge on any atom is 0.330 e. The van der Waals surface area contributed by atoms with Gasteiger partial charge < -0.3 is 9.47 Å². The van der Waals surface area contributed by atoms with Gasteiger partial charge in [-0.05, 0) is 31.2 Å². The lowest BCUT2D eigenvalue weighted by molar-refractivity contribution is -0.137. The molecule has 0 N–H and O–H groups in total. The van der Waals surface area contributed by atoms with E-state index in [1.54, 1.807) is 37.3 Å². The summed E-state index contributed by atoms with van der Waals surface area (Å²) < 4.78 is 10.0. The summed E-state index contributed by atoms with van der Waals surface area (Å²) in [4.78, 5) is 10.9. The molecule has 0 bridgehead atoms. The van der Waals surface area contributed by atoms with Crippen LogP contribution in [0.4, 0.5) is 0 Å². The number of nitriles is 1. The Hall–Kier alpha value is -2.28. The molecule has 0 spiro atoms. The van der Waals surface area contributed by atoms with Gasteiger partial charge in [-0.15, -0.1) is 0 Å². The van der Waals surface area contributed by atoms with Crippen LogP contribution >= 0.6 is 0 Å². The number of ether oxygens (including phenoxy) is 2. The molecule has 0 aromatic heterocycles. The summed E-state index contributed by atoms with van der Waals surface area (Å²) in [6.07, 6.45) is 2.88. The molecule has 1 aromatic rings. The lowest BCUT2D eigenvalue weighted by Gasteiger charge is -2.02. The third-order valence-corrected chi connectivity index (χ3v) is 1.85. The van der Waals surface area contributed by atoms with E-state index in [1.165, 1.54) is 6.08 Å². The van der Waals surface area contributed by atoms with Crippen molar-refractivity contribution in [1.82, 2.24) is 0 Å². The standard InChI is InChI=1S/C13H13NO3/c1-2-16-13(15)7-4-8-17-12-6-3-5-11(9-12)10-14/h3-7,9H,2,8H2,1H3. The van der Waals surface area contributed by atoms with Crippen molar-refractivity contribution >= 4 is 5.97 Å². The Labute approximate surface area is 100 Å². The van der Waals surface area contributed by atoms with Crippen LogP contribution in [0.1, 0.15) is 12.5 Å². The van der Waals surface area contributed by atoms with Crippen molar-refractivity contribution in [2.45, 2.75) is 6.92 Å². The lowest BCUT2D eigenvalue weighted by atomic mass is 10.2. The summed E-state index contributed by atoms with van der Waals surface area (Å²) in [5.74, 6) is 0.208. The maximum absolute atomic E-state index is 10.9. The zero-order valence-corrected chi connectivity index (χ0v) is 9.55. The summed E-state index contributed by atoms with van der Waals surface area (Å²) >= 11 is 0. The number of nitrogens with zero attached hydrogens (tertiary/aromatic N) is 1. The molecule has 0 saturated carbocycles. The number of carbonyl (C=O) groups is 1. The highest BCUT2D eigenvalue weighted by Crippen LogP contribution is 2.12. The molecule has 0 aliphatic rings. The molecule has 0 unspecified atom stereocenters. The van der Waals surface area contributed by atoms with Crippen LogP contribution in [-0.2, 0) is 9.53 Å². The van der Waals surface area contributed by atoms with E-state index in [1.807, 2.05) is 6.07 Å². The number of benzene rings is 1. The first-order chi connectivity index (χ1) is 8.26. The van der Waals surface area contributed by atoms with Crippen molar-refractivity contribution < 1.29 is 14.3 Å². The predicted octanol–water partition coefficient (Wildman–Crippen LogP) is 2.06. The lowest BCUT2D eigenvalue weighted by Crippen LogP contribution is -2.00. The van der Waals surface area contributed by atoms with E-state index in [2.05, 4.69) is 0 Å². The molecule has 0 aliphatic carbocycles. The Morgan fingerprint density at radius 2 is 2.35 bits per heavy atom. The molecule has 4 nitrogen and oxygen atoms in total. The van der Waals surface area contributed by atoms with Crippen molar-refractivity contribution in [3.05, 3.63) is 42.0 Å². The van der Waals surface area contributed by atoms with Crippen LogP contribution in [0, 0.1) is 11.3 Å². The van der Waals surface area contributed by atoms with E-state index in [4.69, 9.17) is 14.7 Å². The first kappa shape index (κ1) is 12.8. The van der Waals surface area contributed by atoms with Crippen molar-refractivity contribution in [2.75, 3.05) is 13.2 Å². The Morgan fingerprint density at radius 3 is 3.06 bits per heavy atom. The highest BCUT2D eigenvalue weighted by molar-refractivity contribution is 5.81. The van der Waals surface area contributed by atoms with Crippen molar-refractivity contribution in [3.8, 4) is 11.8 Å². The van der Waals surface area contributed by atoms with Crippen LogP contribution in [0.5, 0.6) is 5.75 Å². The zero-order valence-electron chi connectivity index (χ0n) is 9.55. The van der Waals surface area contributed by atoms with E-state index < -0.39 is 0 Å². The second-order valence-electron chi connectivity index (χ2n) is 3.11. The smallest absolute Gasteiger partial charge is 0.330 e. The fraction of sp³-hybridized carbons (Fsp3) is 0.231. The highest BCUT2D eigenvalue weighted by atomic mass is 16.5. The molecule has 0 radical (unpaired) electrons. The molecule has 88 valence electrons. The molecular weight excluding hydrogens is 218 g/mol. The van der Waals surface area contributed by atoms with Crippen molar-refractivity contribution in [2.24, 2.45) is 0 Å². The van der Waals surface area contributed by atoms with Gasteiger partial charge in [-0.1, -0.05) is 6.07 Å². The number of hydrogen-bond donors (Lipinski definition) is 0. The first-order valence-electron chi connectivity index (χ1n) is 5.22. The van der Waals surface area contributed by atoms with Gasteiger partial charge in [-0.3, -0.25) is 0 Å². The van der Waals surface area contributed by atoms with E-state index in [9.17, 15) is 4.79 Å². The minimum Gasteiger partial charge on any atom is -0.489 e. The van der Waals surface area contributed by atoms with E-state index in [0.29, 0.717) is 17.9 Å². The van der Waals surface area contributed by atoms with Crippen LogP contribution in [0.3, 0.4) is 0 Å². The number of hydrogen-bond acceptors (Lipinski definition) is 4. The summed E-state index contributed by atoms with van der Waals surface area (Å²) in [6.45, 7) is 2.36. The summed E-state index contributed by atoms with van der Waals surface area (Å²) in [5, 5.41) is 8.68. The molecule has 17 heavy (non-hydrogen) atoms. The Kier molecular flexibility index (Phi) is 5.32. The van der Waals surface area contributed by atoms with Gasteiger partial charge in [0.2, 0.25) is 0 Å². The topological polar surface area (TPSA) is 59.3 Å². The van der Waals surface area contributed by atoms with Gasteiger partial charge in [-0.25, -0.2) is 4.79 Å². The molecule has 1 aromatic carbocycles. The second kappa shape index (κ2) is 7.07. The van der Waals surface area contributed by atoms with E-state index >= 15 is 0 Å². The first-order valence-corrected chi connectivity index (χ1v) is 5.22. The van der Waals surface area contributed by atoms with Crippen LogP contribution < -0.4 is 4.74 Å². The van der Waals surface area contributed by atoms with E-state index in [-0.39, 0.29) is 12.6 Å². The fourth-order valence-electron chi connectivity index (χ4n) is 1.13. The van der Waals surface area contributed by atoms with E-state index in [0.717, 1.165) is 0 Å². The molecule has 0 heterocycles. The number of carbonyl (C=O) groups excluding carboxylic acids is 1. The third-order valence-electron chi connectivity index (χ3n) is 1.85. The highest BCUT2D eigenvalue weighted by Gasteiger charge is 1.95. The van der Waals surface area contributed by atoms with Crippen molar-refractivity contribution in [1.29, 1.82) is 5.26 Å². The van der Waals surface area contributed by atoms with Crippen LogP contribution in [0.2, 0.25) is 0 Å². The molecular formula is C13H13NO3. The Bertz CT molecular complexity index is 446. The van der Waals surface area contributed by atoms with Gasteiger partial charge in [-0.2, -0.15) is 5.26 Å². The van der Waals surface area contributed by atoms with Gasteiger partial charge in [0.05, 0.1) is 18.2 Å². The second-order valence-corrected chi connectivity index (χ2v) is 3.11. The zero-order chi connectivity index (χ0) is 12.5. The Balaban J connectivity index is 2.41. The fourth-order valence-corrected chi connectivity index (χ4v) is 1.13. The summed E-state index contributed by atoms with van der Waals surface area (Å²) in [7, 11) is 0. The van der Waals surface area contributed by atoms with Gasteiger partial charge >= 0.3 is 5.97 Å². The SMILES string of the molecule is CCOC(=O)C=CCOc1cccc(C#N)c1. The third kappa shape index (κ3) is 4.85. The quantitative estimate of drug-likeness (QED) is 0.575. The summed E-state index contributed by atoms with van der Waals surface area (Å²) in [6, 6.07) is 8.84. The molecule has 0 aliphatic heterocycles. The minimum atomic E-state index is -0.387.